The van der Waals surface area contributed by atoms with Crippen LogP contribution in [0.25, 0.3) is 0 Å². The number of carboxylic acids is 2. The summed E-state index contributed by atoms with van der Waals surface area (Å²) in [5.74, 6) is -0.129. The zero-order valence-electron chi connectivity index (χ0n) is 41.8. The molecule has 4 N–H and O–H groups in total. The number of aliphatic carboxylic acids is 2. The Bertz CT molecular complexity index is 2310. The first kappa shape index (κ1) is 62.7. The number of nitrogen functional groups attached to an aromatic ring is 1. The Hall–Kier alpha value is -4.58. The molecular formula is C52H68BCl5N6O9. The summed E-state index contributed by atoms with van der Waals surface area (Å²) in [6.45, 7) is 3.90. The molecule has 398 valence electrons. The van der Waals surface area contributed by atoms with Crippen molar-refractivity contribution in [3.63, 3.8) is 0 Å². The van der Waals surface area contributed by atoms with E-state index in [1.54, 1.807) is 0 Å². The minimum absolute atomic E-state index is 0.0463. The zero-order valence-corrected chi connectivity index (χ0v) is 45.6. The summed E-state index contributed by atoms with van der Waals surface area (Å²) in [5, 5.41) is 16.3. The fraction of sp³-hybridized carbons (Fsp3) is 0.519. The molecule has 2 radical (unpaired) electrons. The van der Waals surface area contributed by atoms with Crippen molar-refractivity contribution < 1.29 is 43.6 Å². The van der Waals surface area contributed by atoms with Gasteiger partial charge in [-0.05, 0) is 104 Å². The molecule has 7 rings (SSSR count). The van der Waals surface area contributed by atoms with Gasteiger partial charge in [0.25, 0.3) is 0 Å². The van der Waals surface area contributed by atoms with Crippen molar-refractivity contribution in [1.29, 1.82) is 0 Å². The van der Waals surface area contributed by atoms with E-state index in [0.29, 0.717) is 42.8 Å². The van der Waals surface area contributed by atoms with E-state index in [1.165, 1.54) is 30.9 Å². The number of halogens is 5. The van der Waals surface area contributed by atoms with Gasteiger partial charge in [-0.3, -0.25) is 34.2 Å². The van der Waals surface area contributed by atoms with E-state index >= 15 is 0 Å². The second-order valence-corrected chi connectivity index (χ2v) is 18.8. The Morgan fingerprint density at radius 3 is 1.33 bits per heavy atom. The van der Waals surface area contributed by atoms with Crippen LogP contribution < -0.4 is 15.5 Å². The third kappa shape index (κ3) is 24.1. The predicted octanol–water partition coefficient (Wildman–Crippen LogP) is 10.6. The number of esters is 2. The minimum Gasteiger partial charge on any atom is -0.481 e. The van der Waals surface area contributed by atoms with Crippen molar-refractivity contribution in [3.8, 4) is 0 Å². The van der Waals surface area contributed by atoms with Crippen LogP contribution in [-0.2, 0) is 52.7 Å². The van der Waals surface area contributed by atoms with Gasteiger partial charge < -0.3 is 40.0 Å². The summed E-state index contributed by atoms with van der Waals surface area (Å²) in [7, 11) is 8.14. The maximum atomic E-state index is 11.2. The van der Waals surface area contributed by atoms with Crippen LogP contribution >= 0.6 is 58.0 Å². The molecule has 0 aliphatic carbocycles. The highest BCUT2D eigenvalue weighted by atomic mass is 35.5. The number of ether oxygens (including phenoxy) is 3. The summed E-state index contributed by atoms with van der Waals surface area (Å²) in [5.41, 5.74) is 18.6. The predicted molar refractivity (Wildman–Crippen MR) is 300 cm³/mol. The average Bonchev–Trinajstić information content (AvgIpc) is 4.20. The molecule has 1 unspecified atom stereocenters. The summed E-state index contributed by atoms with van der Waals surface area (Å²) in [6.07, 6.45) is 10.4. The van der Waals surface area contributed by atoms with Crippen molar-refractivity contribution >= 4 is 141 Å². The van der Waals surface area contributed by atoms with Gasteiger partial charge in [-0.15, -0.1) is 58.0 Å². The molecule has 3 aromatic rings. The van der Waals surface area contributed by atoms with E-state index in [0.717, 1.165) is 148 Å². The number of carbonyl (C=O) groups excluding carboxylic acids is 2. The minimum atomic E-state index is -0.980. The number of methoxy groups -OCH3 is 2. The van der Waals surface area contributed by atoms with Gasteiger partial charge in [0.15, 0.2) is 0 Å². The number of anilines is 3. The smallest absolute Gasteiger partial charge is 0.318 e. The summed E-state index contributed by atoms with van der Waals surface area (Å²) in [6, 6.07) is 18.4. The van der Waals surface area contributed by atoms with E-state index in [9.17, 15) is 19.2 Å². The van der Waals surface area contributed by atoms with E-state index in [-0.39, 0.29) is 30.2 Å². The van der Waals surface area contributed by atoms with Crippen molar-refractivity contribution in [2.24, 2.45) is 15.0 Å². The van der Waals surface area contributed by atoms with Crippen LogP contribution in [0.4, 0.5) is 34.1 Å². The molecule has 1 fully saturated rings. The number of fused-ring (bicyclic) bond motifs is 3. The first-order valence-electron chi connectivity index (χ1n) is 24.2. The fourth-order valence-electron chi connectivity index (χ4n) is 7.83. The molecule has 3 aromatic carbocycles. The van der Waals surface area contributed by atoms with Gasteiger partial charge in [0, 0.05) is 135 Å². The first-order chi connectivity index (χ1) is 35.2. The molecule has 15 nitrogen and oxygen atoms in total. The summed E-state index contributed by atoms with van der Waals surface area (Å²) < 4.78 is 14.2. The molecule has 1 saturated heterocycles. The number of carbonyl (C=O) groups is 4. The SMILES string of the molecule is COC(=O)CCCC1=Nc2cc(N(CCCl)CCCl)ccc2C1.COC(=O)CCCC1=Nc2cc(N)ccc2C1.O=C(O)CCCC1=Nc2cc(N(CCCl)CCCl)ccc2C1.O=C(O)CCl.[B]C1CCCO1. The molecule has 21 heteroatoms. The fourth-order valence-corrected chi connectivity index (χ4v) is 8.65. The Balaban J connectivity index is 0.000000263. The van der Waals surface area contributed by atoms with Crippen molar-refractivity contribution in [1.82, 2.24) is 0 Å². The summed E-state index contributed by atoms with van der Waals surface area (Å²) >= 11 is 28.2. The first-order valence-corrected chi connectivity index (χ1v) is 26.9. The van der Waals surface area contributed by atoms with E-state index in [2.05, 4.69) is 65.7 Å². The standard InChI is InChI=1S/C17H22Cl2N2O2.C16H20Cl2N2O2.C13H16N2O2.C4H7BO.C2H3ClO2/c1-23-17(22)4-2-3-14-11-13-5-6-15(12-16(13)20-14)21(9-7-18)10-8-19;17-6-8-20(9-7-18)14-5-4-12-10-13(19-15(12)11-14)2-1-3-16(21)22;1-17-13(16)4-2-3-11-7-9-5-6-10(14)8-12(9)15-11;5-4-2-1-3-6-4;3-1-2(4)5/h5-6,12H,2-4,7-11H2,1H3;4-5,11H,1-3,6-10H2,(H,21,22);5-6,8H,2-4,7,14H2,1H3;4H,1-3H2;1H2,(H,4,5). The maximum absolute atomic E-state index is 11.2. The largest absolute Gasteiger partial charge is 0.481 e. The third-order valence-corrected chi connectivity index (χ3v) is 12.4. The van der Waals surface area contributed by atoms with Crippen LogP contribution in [0.3, 0.4) is 0 Å². The number of rotatable bonds is 23. The highest BCUT2D eigenvalue weighted by molar-refractivity contribution is 6.26. The maximum Gasteiger partial charge on any atom is 0.318 e. The van der Waals surface area contributed by atoms with Gasteiger partial charge in [-0.2, -0.15) is 0 Å². The average molecular weight is 1110 g/mol. The third-order valence-electron chi connectivity index (χ3n) is 11.5. The molecular weight excluding hydrogens is 1040 g/mol. The van der Waals surface area contributed by atoms with Crippen LogP contribution in [0.5, 0.6) is 0 Å². The molecule has 4 aliphatic heterocycles. The summed E-state index contributed by atoms with van der Waals surface area (Å²) in [4.78, 5) is 60.1. The topological polar surface area (TPSA) is 206 Å². The van der Waals surface area contributed by atoms with Crippen molar-refractivity contribution in [2.75, 3.05) is 91.9 Å². The molecule has 4 heterocycles. The van der Waals surface area contributed by atoms with Gasteiger partial charge in [-0.1, -0.05) is 18.2 Å². The lowest BCUT2D eigenvalue weighted by Gasteiger charge is -2.23. The molecule has 73 heavy (non-hydrogen) atoms. The van der Waals surface area contributed by atoms with Crippen LogP contribution in [0.2, 0.25) is 0 Å². The Labute approximate surface area is 456 Å². The number of nitrogens with two attached hydrogens (primary N) is 1. The number of hydrogen-bond acceptors (Lipinski definition) is 13. The lowest BCUT2D eigenvalue weighted by Crippen LogP contribution is -2.27. The quantitative estimate of drug-likeness (QED) is 0.0351. The van der Waals surface area contributed by atoms with Crippen LogP contribution in [-0.4, -0.2) is 141 Å². The number of alkyl halides is 5. The molecule has 0 bridgehead atoms. The Morgan fingerprint density at radius 2 is 1.01 bits per heavy atom. The van der Waals surface area contributed by atoms with Crippen LogP contribution in [0.15, 0.2) is 69.6 Å². The number of hydrogen-bond donors (Lipinski definition) is 3. The molecule has 4 aliphatic rings. The Morgan fingerprint density at radius 1 is 0.630 bits per heavy atom. The Kier molecular flexibility index (Phi) is 30.6. The molecule has 0 spiro atoms. The van der Waals surface area contributed by atoms with Gasteiger partial charge in [0.05, 0.1) is 31.3 Å². The van der Waals surface area contributed by atoms with E-state index in [4.69, 9.17) is 91.5 Å². The number of nitrogens with zero attached hydrogens (tertiary/aromatic N) is 5. The monoisotopic (exact) mass is 1110 g/mol. The molecule has 0 aromatic heterocycles. The lowest BCUT2D eigenvalue weighted by atomic mass is 9.98. The molecule has 0 amide bonds. The lowest BCUT2D eigenvalue weighted by molar-refractivity contribution is -0.141. The van der Waals surface area contributed by atoms with Crippen molar-refractivity contribution in [2.45, 2.75) is 95.9 Å². The van der Waals surface area contributed by atoms with Gasteiger partial charge in [0.2, 0.25) is 0 Å². The van der Waals surface area contributed by atoms with E-state index < -0.39 is 11.9 Å². The second-order valence-electron chi connectivity index (χ2n) is 17.0. The van der Waals surface area contributed by atoms with E-state index in [1.807, 2.05) is 18.2 Å². The van der Waals surface area contributed by atoms with Crippen LogP contribution in [0, 0.1) is 0 Å². The molecule has 0 saturated carbocycles. The van der Waals surface area contributed by atoms with Crippen molar-refractivity contribution in [3.05, 3.63) is 71.3 Å². The number of benzene rings is 3. The van der Waals surface area contributed by atoms with Gasteiger partial charge in [-0.25, -0.2) is 0 Å². The molecule has 1 atom stereocenters. The number of aliphatic imine (C=N–C) groups is 3. The number of carboxylic acid groups (broad SMARTS) is 2. The highest BCUT2D eigenvalue weighted by Crippen LogP contribution is 2.34. The highest BCUT2D eigenvalue weighted by Gasteiger charge is 2.19. The van der Waals surface area contributed by atoms with Crippen LogP contribution in [0.1, 0.15) is 87.3 Å². The normalized spacial score (nSPS) is 14.3. The van der Waals surface area contributed by atoms with Gasteiger partial charge in [0.1, 0.15) is 13.7 Å². The second kappa shape index (κ2) is 35.6. The zero-order chi connectivity index (χ0) is 53.5. The van der Waals surface area contributed by atoms with Gasteiger partial charge >= 0.3 is 23.9 Å².